The van der Waals surface area contributed by atoms with Crippen LogP contribution in [0.3, 0.4) is 0 Å². The van der Waals surface area contributed by atoms with E-state index >= 15 is 4.39 Å². The fourth-order valence-electron chi connectivity index (χ4n) is 5.19. The van der Waals surface area contributed by atoms with Gasteiger partial charge in [-0.25, -0.2) is 23.1 Å². The number of piperazine rings is 1. The number of amides is 1. The molecule has 0 spiro atoms. The molecule has 0 aliphatic carbocycles. The molecule has 5 rings (SSSR count). The van der Waals surface area contributed by atoms with Crippen molar-refractivity contribution in [2.45, 2.75) is 26.7 Å². The molecule has 0 unspecified atom stereocenters. The minimum absolute atomic E-state index is 0.0301. The van der Waals surface area contributed by atoms with Crippen LogP contribution in [0.5, 0.6) is 5.75 Å². The first-order valence-electron chi connectivity index (χ1n) is 13.0. The van der Waals surface area contributed by atoms with Crippen LogP contribution in [0.2, 0.25) is 0 Å². The van der Waals surface area contributed by atoms with Crippen LogP contribution in [0.4, 0.5) is 14.6 Å². The van der Waals surface area contributed by atoms with Crippen molar-refractivity contribution >= 4 is 22.8 Å². The van der Waals surface area contributed by atoms with Gasteiger partial charge in [0.2, 0.25) is 5.91 Å². The summed E-state index contributed by atoms with van der Waals surface area (Å²) < 4.78 is 31.9. The van der Waals surface area contributed by atoms with Gasteiger partial charge in [0.25, 0.3) is 0 Å². The average molecular weight is 546 g/mol. The first-order valence-corrected chi connectivity index (χ1v) is 13.0. The first kappa shape index (κ1) is 27.0. The molecule has 1 fully saturated rings. The Labute approximate surface area is 229 Å². The summed E-state index contributed by atoms with van der Waals surface area (Å²) in [5.74, 6) is -2.16. The van der Waals surface area contributed by atoms with Crippen LogP contribution < -0.4 is 10.6 Å². The monoisotopic (exact) mass is 545 g/mol. The lowest BCUT2D eigenvalue weighted by molar-refractivity contribution is -0.126. The first-order chi connectivity index (χ1) is 19.1. The Balaban J connectivity index is 1.81. The average Bonchev–Trinajstić information content (AvgIpc) is 2.93. The fourth-order valence-corrected chi connectivity index (χ4v) is 5.19. The van der Waals surface area contributed by atoms with Crippen LogP contribution in [0, 0.1) is 18.6 Å². The summed E-state index contributed by atoms with van der Waals surface area (Å²) in [6.45, 7) is 10.8. The Morgan fingerprint density at radius 3 is 2.40 bits per heavy atom. The summed E-state index contributed by atoms with van der Waals surface area (Å²) in [4.78, 5) is 38.2. The van der Waals surface area contributed by atoms with Gasteiger partial charge < -0.3 is 14.9 Å². The lowest BCUT2D eigenvalue weighted by Crippen LogP contribution is -2.49. The minimum Gasteiger partial charge on any atom is -0.507 e. The van der Waals surface area contributed by atoms with Crippen molar-refractivity contribution in [1.29, 1.82) is 0 Å². The fraction of sp³-hybridized carbons (Fsp3) is 0.267. The molecule has 10 heteroatoms. The van der Waals surface area contributed by atoms with Gasteiger partial charge in [0.05, 0.1) is 16.6 Å². The van der Waals surface area contributed by atoms with Crippen LogP contribution in [-0.2, 0) is 4.79 Å². The molecule has 0 saturated carbocycles. The van der Waals surface area contributed by atoms with Crippen molar-refractivity contribution in [1.82, 2.24) is 19.4 Å². The zero-order valence-electron chi connectivity index (χ0n) is 22.5. The lowest BCUT2D eigenvalue weighted by atomic mass is 9.98. The minimum atomic E-state index is -0.879. The van der Waals surface area contributed by atoms with Crippen molar-refractivity contribution in [2.75, 3.05) is 31.1 Å². The molecular weight excluding hydrogens is 516 g/mol. The number of fused-ring (bicyclic) bond motifs is 1. The van der Waals surface area contributed by atoms with E-state index in [2.05, 4.69) is 16.5 Å². The van der Waals surface area contributed by atoms with Crippen molar-refractivity contribution in [2.24, 2.45) is 0 Å². The number of carbonyl (C=O) groups is 1. The molecule has 1 N–H and O–H groups in total. The van der Waals surface area contributed by atoms with Crippen LogP contribution >= 0.6 is 0 Å². The maximum Gasteiger partial charge on any atom is 0.355 e. The van der Waals surface area contributed by atoms with E-state index in [0.29, 0.717) is 31.9 Å². The summed E-state index contributed by atoms with van der Waals surface area (Å²) in [7, 11) is 0. The summed E-state index contributed by atoms with van der Waals surface area (Å²) in [5, 5.41) is 10.7. The molecule has 40 heavy (non-hydrogen) atoms. The summed E-state index contributed by atoms with van der Waals surface area (Å²) in [6.07, 6.45) is 1.25. The summed E-state index contributed by atoms with van der Waals surface area (Å²) in [6, 6.07) is 10.5. The number of phenols is 1. The van der Waals surface area contributed by atoms with E-state index in [1.165, 1.54) is 28.8 Å². The van der Waals surface area contributed by atoms with E-state index in [9.17, 15) is 19.1 Å². The normalized spacial score (nSPS) is 13.8. The third-order valence-electron chi connectivity index (χ3n) is 7.21. The molecule has 0 bridgehead atoms. The predicted octanol–water partition coefficient (Wildman–Crippen LogP) is 4.70. The molecule has 1 amide bonds. The van der Waals surface area contributed by atoms with Crippen molar-refractivity contribution in [3.63, 3.8) is 0 Å². The Bertz CT molecular complexity index is 1690. The number of para-hydroxylation sites is 1. The lowest BCUT2D eigenvalue weighted by Gasteiger charge is -2.35. The van der Waals surface area contributed by atoms with Gasteiger partial charge in [-0.1, -0.05) is 44.7 Å². The number of rotatable bonds is 5. The molecule has 206 valence electrons. The smallest absolute Gasteiger partial charge is 0.355 e. The van der Waals surface area contributed by atoms with Gasteiger partial charge >= 0.3 is 5.69 Å². The van der Waals surface area contributed by atoms with Gasteiger partial charge in [-0.3, -0.25) is 4.79 Å². The summed E-state index contributed by atoms with van der Waals surface area (Å²) in [5.41, 5.74) is 0.828. The van der Waals surface area contributed by atoms with Gasteiger partial charge in [0.1, 0.15) is 23.1 Å². The Morgan fingerprint density at radius 2 is 1.75 bits per heavy atom. The van der Waals surface area contributed by atoms with Crippen molar-refractivity contribution in [3.8, 4) is 22.7 Å². The Kier molecular flexibility index (Phi) is 7.10. The van der Waals surface area contributed by atoms with E-state index in [4.69, 9.17) is 0 Å². The molecule has 4 aromatic rings. The quantitative estimate of drug-likeness (QED) is 0.366. The molecule has 1 saturated heterocycles. The zero-order chi connectivity index (χ0) is 28.7. The van der Waals surface area contributed by atoms with Gasteiger partial charge in [-0.15, -0.1) is 0 Å². The molecule has 1 aliphatic rings. The number of aromatic nitrogens is 3. The van der Waals surface area contributed by atoms with Crippen LogP contribution in [0.25, 0.3) is 28.0 Å². The maximum absolute atomic E-state index is 15.7. The second-order valence-electron chi connectivity index (χ2n) is 10.1. The van der Waals surface area contributed by atoms with Gasteiger partial charge in [0, 0.05) is 26.2 Å². The molecule has 2 aromatic heterocycles. The number of aryl methyl sites for hydroxylation is 1. The SMILES string of the molecule is C=CC(=O)N1CCN(c2nc(=O)n(-c3c(C)cccc3C(C)C)c3nc(-c4c(O)cccc4F)c(F)cc23)CC1. The van der Waals surface area contributed by atoms with Crippen molar-refractivity contribution in [3.05, 3.63) is 88.4 Å². The van der Waals surface area contributed by atoms with E-state index in [0.717, 1.165) is 17.2 Å². The Morgan fingerprint density at radius 1 is 1.05 bits per heavy atom. The van der Waals surface area contributed by atoms with Crippen LogP contribution in [0.1, 0.15) is 30.9 Å². The largest absolute Gasteiger partial charge is 0.507 e. The van der Waals surface area contributed by atoms with Crippen molar-refractivity contribution < 1.29 is 18.7 Å². The number of hydrogen-bond donors (Lipinski definition) is 1. The van der Waals surface area contributed by atoms with E-state index in [1.54, 1.807) is 4.90 Å². The number of hydrogen-bond acceptors (Lipinski definition) is 6. The number of benzene rings is 2. The summed E-state index contributed by atoms with van der Waals surface area (Å²) >= 11 is 0. The van der Waals surface area contributed by atoms with E-state index in [-0.39, 0.29) is 28.7 Å². The molecule has 0 radical (unpaired) electrons. The highest BCUT2D eigenvalue weighted by Gasteiger charge is 2.27. The highest BCUT2D eigenvalue weighted by atomic mass is 19.1. The standard InChI is InChI=1S/C30H29F2N5O3/c1-5-24(39)35-12-14-36(15-13-35)28-20-16-22(32)26(25-21(31)10-7-11-23(25)38)33-29(20)37(30(40)34-28)27-18(4)8-6-9-19(27)17(2)3/h5-11,16-17,38H,1,12-15H2,2-4H3. The molecular formula is C30H29F2N5O3. The topological polar surface area (TPSA) is 91.6 Å². The number of halogens is 2. The third-order valence-corrected chi connectivity index (χ3v) is 7.21. The second kappa shape index (κ2) is 10.5. The number of aromatic hydroxyl groups is 1. The van der Waals surface area contributed by atoms with Crippen LogP contribution in [-0.4, -0.2) is 56.6 Å². The number of anilines is 1. The van der Waals surface area contributed by atoms with E-state index in [1.807, 2.05) is 43.9 Å². The van der Waals surface area contributed by atoms with Crippen LogP contribution in [0.15, 0.2) is 59.9 Å². The molecule has 2 aromatic carbocycles. The number of pyridine rings is 1. The number of nitrogens with zero attached hydrogens (tertiary/aromatic N) is 5. The second-order valence-corrected chi connectivity index (χ2v) is 10.1. The maximum atomic E-state index is 15.7. The highest BCUT2D eigenvalue weighted by molar-refractivity contribution is 5.91. The molecule has 0 atom stereocenters. The molecule has 8 nitrogen and oxygen atoms in total. The third kappa shape index (κ3) is 4.59. The van der Waals surface area contributed by atoms with Gasteiger partial charge in [-0.05, 0) is 48.2 Å². The Hall–Kier alpha value is -4.60. The zero-order valence-corrected chi connectivity index (χ0v) is 22.5. The van der Waals surface area contributed by atoms with E-state index < -0.39 is 34.3 Å². The molecule has 3 heterocycles. The van der Waals surface area contributed by atoms with Gasteiger partial charge in [0.15, 0.2) is 11.5 Å². The van der Waals surface area contributed by atoms with Gasteiger partial charge in [-0.2, -0.15) is 4.98 Å². The highest BCUT2D eigenvalue weighted by Crippen LogP contribution is 2.36. The number of carbonyl (C=O) groups excluding carboxylic acids is 1. The number of phenolic OH excluding ortho intramolecular Hbond substituents is 1. The predicted molar refractivity (Wildman–Crippen MR) is 150 cm³/mol. The molecule has 1 aliphatic heterocycles.